The molecule has 0 aliphatic carbocycles. The highest BCUT2D eigenvalue weighted by Gasteiger charge is 2.34. The van der Waals surface area contributed by atoms with Gasteiger partial charge in [-0.15, -0.1) is 0 Å². The van der Waals surface area contributed by atoms with E-state index < -0.39 is 34.3 Å². The van der Waals surface area contributed by atoms with Gasteiger partial charge >= 0.3 is 0 Å². The van der Waals surface area contributed by atoms with Gasteiger partial charge in [-0.2, -0.15) is 0 Å². The summed E-state index contributed by atoms with van der Waals surface area (Å²) in [6.07, 6.45) is 0.989. The Balaban J connectivity index is 2.05. The van der Waals surface area contributed by atoms with E-state index in [4.69, 9.17) is 4.74 Å². The maximum Gasteiger partial charge on any atom is 0.264 e. The molecule has 0 heterocycles. The van der Waals surface area contributed by atoms with Crippen LogP contribution in [0.25, 0.3) is 0 Å². The number of nitrogens with zero attached hydrogens (tertiary/aromatic N) is 2. The van der Waals surface area contributed by atoms with Crippen molar-refractivity contribution in [1.82, 2.24) is 10.2 Å². The molecule has 0 fully saturated rings. The Morgan fingerprint density at radius 3 is 2.10 bits per heavy atom. The van der Waals surface area contributed by atoms with E-state index in [0.29, 0.717) is 28.8 Å². The van der Waals surface area contributed by atoms with Gasteiger partial charge < -0.3 is 15.0 Å². The summed E-state index contributed by atoms with van der Waals surface area (Å²) in [5.41, 5.74) is 0.858. The van der Waals surface area contributed by atoms with Crippen molar-refractivity contribution in [2.45, 2.75) is 64.1 Å². The van der Waals surface area contributed by atoms with Crippen molar-refractivity contribution >= 4 is 43.5 Å². The van der Waals surface area contributed by atoms with Gasteiger partial charge in [-0.05, 0) is 92.9 Å². The quantitative estimate of drug-likeness (QED) is 0.232. The van der Waals surface area contributed by atoms with Crippen LogP contribution >= 0.6 is 15.9 Å². The first kappa shape index (κ1) is 33.1. The first-order valence-corrected chi connectivity index (χ1v) is 16.1. The Morgan fingerprint density at radius 1 is 0.929 bits per heavy atom. The number of hydrogen-bond donors (Lipinski definition) is 1. The van der Waals surface area contributed by atoms with Crippen LogP contribution in [0.1, 0.15) is 46.1 Å². The van der Waals surface area contributed by atoms with Crippen molar-refractivity contribution in [1.29, 1.82) is 0 Å². The van der Waals surface area contributed by atoms with Gasteiger partial charge in [0.25, 0.3) is 10.0 Å². The van der Waals surface area contributed by atoms with E-state index >= 15 is 0 Å². The molecule has 11 heteroatoms. The lowest BCUT2D eigenvalue weighted by molar-refractivity contribution is -0.140. The van der Waals surface area contributed by atoms with E-state index in [2.05, 4.69) is 21.2 Å². The maximum atomic E-state index is 14.1. The smallest absolute Gasteiger partial charge is 0.264 e. The van der Waals surface area contributed by atoms with Crippen LogP contribution in [0.15, 0.2) is 82.2 Å². The van der Waals surface area contributed by atoms with Crippen molar-refractivity contribution in [3.63, 3.8) is 0 Å². The number of sulfonamides is 1. The lowest BCUT2D eigenvalue weighted by Gasteiger charge is -2.33. The lowest BCUT2D eigenvalue weighted by Crippen LogP contribution is -2.53. The molecule has 0 saturated carbocycles. The predicted octanol–water partition coefficient (Wildman–Crippen LogP) is 5.90. The number of carbonyl (C=O) groups excluding carboxylic acids is 2. The van der Waals surface area contributed by atoms with Crippen LogP contribution in [0, 0.1) is 5.82 Å². The SMILES string of the molecule is CCOc1ccc(N(CC(=O)N(Cc2ccc(F)cc2)[C@@H](CC)C(=O)N[C@@H](C)CC)S(=O)(=O)c2ccc(Br)cc2)cc1. The lowest BCUT2D eigenvalue weighted by atomic mass is 10.1. The standard InChI is InChI=1S/C31H37BrFN3O5S/c1-5-22(4)34-31(38)29(6-2)35(20-23-8-12-25(33)13-9-23)30(37)21-36(26-14-16-27(17-15-26)41-7-3)42(39,40)28-18-10-24(32)11-19-28/h8-19,22,29H,5-7,20-21H2,1-4H3,(H,34,38)/t22-,29-/m0/s1. The van der Waals surface area contributed by atoms with Gasteiger partial charge in [0.15, 0.2) is 0 Å². The molecule has 226 valence electrons. The normalized spacial score (nSPS) is 12.7. The number of hydrogen-bond acceptors (Lipinski definition) is 5. The molecule has 0 aromatic heterocycles. The number of rotatable bonds is 14. The second-order valence-electron chi connectivity index (χ2n) is 9.78. The van der Waals surface area contributed by atoms with Crippen LogP contribution in [0.2, 0.25) is 0 Å². The Kier molecular flexibility index (Phi) is 11.9. The highest BCUT2D eigenvalue weighted by atomic mass is 79.9. The van der Waals surface area contributed by atoms with Crippen LogP contribution in [-0.4, -0.2) is 50.4 Å². The summed E-state index contributed by atoms with van der Waals surface area (Å²) in [6.45, 7) is 7.29. The highest BCUT2D eigenvalue weighted by molar-refractivity contribution is 9.10. The summed E-state index contributed by atoms with van der Waals surface area (Å²) in [7, 11) is -4.20. The molecule has 0 unspecified atom stereocenters. The van der Waals surface area contributed by atoms with Gasteiger partial charge in [0, 0.05) is 17.1 Å². The van der Waals surface area contributed by atoms with Gasteiger partial charge in [-0.1, -0.05) is 41.9 Å². The summed E-state index contributed by atoms with van der Waals surface area (Å²) in [4.78, 5) is 28.8. The van der Waals surface area contributed by atoms with Crippen LogP contribution in [0.3, 0.4) is 0 Å². The Labute approximate surface area is 256 Å². The summed E-state index contributed by atoms with van der Waals surface area (Å²) in [6, 6.07) is 17.2. The minimum atomic E-state index is -4.20. The van der Waals surface area contributed by atoms with Crippen LogP contribution in [0.5, 0.6) is 5.75 Å². The second kappa shape index (κ2) is 15.2. The van der Waals surface area contributed by atoms with Crippen molar-refractivity contribution in [3.8, 4) is 5.75 Å². The first-order valence-electron chi connectivity index (χ1n) is 13.9. The third-order valence-electron chi connectivity index (χ3n) is 6.77. The molecule has 8 nitrogen and oxygen atoms in total. The molecule has 2 amide bonds. The third kappa shape index (κ3) is 8.54. The largest absolute Gasteiger partial charge is 0.494 e. The number of ether oxygens (including phenoxy) is 1. The summed E-state index contributed by atoms with van der Waals surface area (Å²) < 4.78 is 48.8. The topological polar surface area (TPSA) is 96.0 Å². The number of benzene rings is 3. The summed E-state index contributed by atoms with van der Waals surface area (Å²) >= 11 is 3.33. The Bertz CT molecular complexity index is 1430. The maximum absolute atomic E-state index is 14.1. The number of anilines is 1. The summed E-state index contributed by atoms with van der Waals surface area (Å²) in [5.74, 6) is -0.801. The minimum absolute atomic E-state index is 0.000903. The molecule has 42 heavy (non-hydrogen) atoms. The molecule has 1 N–H and O–H groups in total. The average molecular weight is 663 g/mol. The zero-order chi connectivity index (χ0) is 30.9. The molecule has 0 bridgehead atoms. The van der Waals surface area contributed by atoms with E-state index in [1.807, 2.05) is 20.8 Å². The van der Waals surface area contributed by atoms with Gasteiger partial charge in [-0.25, -0.2) is 12.8 Å². The number of amides is 2. The fourth-order valence-corrected chi connectivity index (χ4v) is 5.96. The van der Waals surface area contributed by atoms with E-state index in [0.717, 1.165) is 4.31 Å². The molecule has 0 spiro atoms. The molecule has 2 atom stereocenters. The predicted molar refractivity (Wildman–Crippen MR) is 165 cm³/mol. The van der Waals surface area contributed by atoms with Crippen LogP contribution in [-0.2, 0) is 26.2 Å². The summed E-state index contributed by atoms with van der Waals surface area (Å²) in [5, 5.41) is 2.93. The molecule has 0 saturated heterocycles. The molecule has 3 aromatic rings. The molecule has 0 radical (unpaired) electrons. The van der Waals surface area contributed by atoms with E-state index in [1.165, 1.54) is 41.3 Å². The van der Waals surface area contributed by atoms with E-state index in [9.17, 15) is 22.4 Å². The molecule has 3 rings (SSSR count). The monoisotopic (exact) mass is 661 g/mol. The highest BCUT2D eigenvalue weighted by Crippen LogP contribution is 2.27. The zero-order valence-corrected chi connectivity index (χ0v) is 26.6. The van der Waals surface area contributed by atoms with Gasteiger partial charge in [0.2, 0.25) is 11.8 Å². The first-order chi connectivity index (χ1) is 20.0. The van der Waals surface area contributed by atoms with Crippen LogP contribution in [0.4, 0.5) is 10.1 Å². The zero-order valence-electron chi connectivity index (χ0n) is 24.2. The fourth-order valence-electron chi connectivity index (χ4n) is 4.28. The van der Waals surface area contributed by atoms with Crippen LogP contribution < -0.4 is 14.4 Å². The number of halogens is 2. The third-order valence-corrected chi connectivity index (χ3v) is 9.09. The van der Waals surface area contributed by atoms with Crippen molar-refractivity contribution in [3.05, 3.63) is 88.6 Å². The molecular weight excluding hydrogens is 625 g/mol. The molecule has 0 aliphatic heterocycles. The van der Waals surface area contributed by atoms with Gasteiger partial charge in [-0.3, -0.25) is 13.9 Å². The number of nitrogens with one attached hydrogen (secondary N) is 1. The molecule has 0 aliphatic rings. The van der Waals surface area contributed by atoms with Gasteiger partial charge in [0.05, 0.1) is 17.2 Å². The second-order valence-corrected chi connectivity index (χ2v) is 12.6. The van der Waals surface area contributed by atoms with E-state index in [-0.39, 0.29) is 35.5 Å². The fraction of sp³-hybridized carbons (Fsp3) is 0.355. The number of carbonyl (C=O) groups is 2. The van der Waals surface area contributed by atoms with Crippen molar-refractivity contribution in [2.75, 3.05) is 17.5 Å². The van der Waals surface area contributed by atoms with Crippen molar-refractivity contribution in [2.24, 2.45) is 0 Å². The molecule has 3 aromatic carbocycles. The molecular formula is C31H37BrFN3O5S. The minimum Gasteiger partial charge on any atom is -0.494 e. The Hall–Kier alpha value is -3.44. The average Bonchev–Trinajstić information content (AvgIpc) is 2.97. The Morgan fingerprint density at radius 2 is 1.55 bits per heavy atom. The van der Waals surface area contributed by atoms with Gasteiger partial charge in [0.1, 0.15) is 24.2 Å². The van der Waals surface area contributed by atoms with E-state index in [1.54, 1.807) is 43.3 Å². The van der Waals surface area contributed by atoms with Crippen molar-refractivity contribution < 1.29 is 27.1 Å².